The summed E-state index contributed by atoms with van der Waals surface area (Å²) in [6.45, 7) is 10.3. The maximum atomic E-state index is 5.71. The van der Waals surface area contributed by atoms with Gasteiger partial charge in [0.05, 0.1) is 6.61 Å². The number of hydrogen-bond acceptors (Lipinski definition) is 1. The van der Waals surface area contributed by atoms with Gasteiger partial charge in [0, 0.05) is 6.61 Å². The second-order valence-electron chi connectivity index (χ2n) is 28.6. The number of aryl methyl sites for hydroxylation is 9. The SMILES string of the molecule is Cc1ccc(CCCCCCCCCCC2CCCC2)cc1.Cc1ccc(CCCCCCCCCCC2CCCCC2)cc1.Cc1ccc(CCCCCCCCCCc2ccccc2)cc1.Cc1ccc(CCCCCCCCOCc2ccccc2)cc1. The molecule has 8 rings (SSSR count). The Morgan fingerprint density at radius 2 is 0.462 bits per heavy atom. The van der Waals surface area contributed by atoms with E-state index in [1.54, 1.807) is 0 Å². The first-order chi connectivity index (χ1) is 44.9. The second-order valence-corrected chi connectivity index (χ2v) is 28.6. The van der Waals surface area contributed by atoms with Gasteiger partial charge in [-0.2, -0.15) is 0 Å². The zero-order chi connectivity index (χ0) is 64.0. The van der Waals surface area contributed by atoms with Crippen LogP contribution in [0.15, 0.2) is 158 Å². The maximum absolute atomic E-state index is 5.71. The highest BCUT2D eigenvalue weighted by Crippen LogP contribution is 2.30. The average molecular weight is 1230 g/mol. The standard InChI is InChI=1S/C23H38.C23H32.C22H30O.C22H36/c2*1-21-17-19-23(20-18-21)16-10-7-5-3-2-4-6-9-13-22-14-11-8-12-15-22;1-20-14-16-21(17-15-20)11-7-4-2-3-5-10-18-23-19-22-12-8-6-9-13-22;1-20-16-18-22(19-17-20)13-9-7-5-3-2-4-6-8-12-21-14-10-11-15-21/h17-20,22H,2-16H2,1H3;8,11-12,14-15,17-20H,2-7,9-10,13,16H2,1H3;6,8-9,12-17H,2-5,7,10-11,18-19H2,1H3;16-19,21H,2-15H2,1H3. The lowest BCUT2D eigenvalue weighted by molar-refractivity contribution is 0.116. The first-order valence-corrected chi connectivity index (χ1v) is 38.8. The van der Waals surface area contributed by atoms with Crippen molar-refractivity contribution in [2.45, 2.75) is 330 Å². The minimum Gasteiger partial charge on any atom is -0.377 e. The van der Waals surface area contributed by atoms with Crippen LogP contribution in [-0.4, -0.2) is 6.61 Å². The monoisotopic (exact) mass is 1230 g/mol. The van der Waals surface area contributed by atoms with Gasteiger partial charge in [-0.15, -0.1) is 0 Å². The van der Waals surface area contributed by atoms with Crippen molar-refractivity contribution in [1.82, 2.24) is 0 Å². The molecular weight excluding hydrogens is 1100 g/mol. The molecular formula is C90H136O. The van der Waals surface area contributed by atoms with E-state index in [0.717, 1.165) is 25.0 Å². The summed E-state index contributed by atoms with van der Waals surface area (Å²) in [7, 11) is 0. The van der Waals surface area contributed by atoms with Crippen LogP contribution in [-0.2, 0) is 43.4 Å². The van der Waals surface area contributed by atoms with Gasteiger partial charge in [-0.3, -0.25) is 0 Å². The summed E-state index contributed by atoms with van der Waals surface area (Å²) in [5.41, 5.74) is 14.2. The summed E-state index contributed by atoms with van der Waals surface area (Å²) in [5, 5.41) is 0. The Morgan fingerprint density at radius 3 is 0.758 bits per heavy atom. The highest BCUT2D eigenvalue weighted by Gasteiger charge is 2.14. The highest BCUT2D eigenvalue weighted by molar-refractivity contribution is 5.24. The van der Waals surface area contributed by atoms with Gasteiger partial charge in [-0.25, -0.2) is 0 Å². The Balaban J connectivity index is 0.000000220. The van der Waals surface area contributed by atoms with Gasteiger partial charge < -0.3 is 4.74 Å². The van der Waals surface area contributed by atoms with E-state index >= 15 is 0 Å². The van der Waals surface area contributed by atoms with Gasteiger partial charge in [0.25, 0.3) is 0 Å². The Kier molecular flexibility index (Phi) is 45.4. The van der Waals surface area contributed by atoms with Crippen molar-refractivity contribution in [3.05, 3.63) is 213 Å². The highest BCUT2D eigenvalue weighted by atomic mass is 16.5. The second kappa shape index (κ2) is 53.6. The van der Waals surface area contributed by atoms with E-state index in [4.69, 9.17) is 4.74 Å². The number of benzene rings is 6. The lowest BCUT2D eigenvalue weighted by atomic mass is 9.85. The fourth-order valence-corrected chi connectivity index (χ4v) is 13.8. The van der Waals surface area contributed by atoms with Crippen LogP contribution >= 0.6 is 0 Å². The molecule has 0 unspecified atom stereocenters. The molecule has 2 saturated carbocycles. The minimum absolute atomic E-state index is 0.747. The molecule has 2 aliphatic carbocycles. The molecule has 2 fully saturated rings. The molecule has 0 aromatic heterocycles. The first-order valence-electron chi connectivity index (χ1n) is 38.8. The molecule has 0 N–H and O–H groups in total. The van der Waals surface area contributed by atoms with E-state index in [1.807, 2.05) is 6.07 Å². The van der Waals surface area contributed by atoms with E-state index in [-0.39, 0.29) is 0 Å². The van der Waals surface area contributed by atoms with Crippen molar-refractivity contribution in [3.63, 3.8) is 0 Å². The summed E-state index contributed by atoms with van der Waals surface area (Å²) in [6.07, 6.45) is 65.1. The number of ether oxygens (including phenoxy) is 1. The number of rotatable bonds is 44. The van der Waals surface area contributed by atoms with Crippen LogP contribution < -0.4 is 0 Å². The first kappa shape index (κ1) is 77.0. The largest absolute Gasteiger partial charge is 0.377 e. The van der Waals surface area contributed by atoms with Crippen molar-refractivity contribution in [2.75, 3.05) is 6.61 Å². The Bertz CT molecular complexity index is 2390. The van der Waals surface area contributed by atoms with E-state index in [0.29, 0.717) is 0 Å². The van der Waals surface area contributed by atoms with Crippen LogP contribution in [0.25, 0.3) is 0 Å². The molecule has 6 aromatic carbocycles. The number of unbranched alkanes of at least 4 members (excludes halogenated alkanes) is 26. The van der Waals surface area contributed by atoms with Crippen molar-refractivity contribution >= 4 is 0 Å². The van der Waals surface area contributed by atoms with Crippen LogP contribution in [0.1, 0.15) is 319 Å². The van der Waals surface area contributed by atoms with Crippen molar-refractivity contribution < 1.29 is 4.74 Å². The molecule has 1 nitrogen and oxygen atoms in total. The molecule has 0 bridgehead atoms. The fourth-order valence-electron chi connectivity index (χ4n) is 13.8. The quantitative estimate of drug-likeness (QED) is 0.0347. The zero-order valence-electron chi connectivity index (χ0n) is 59.5. The van der Waals surface area contributed by atoms with Crippen LogP contribution in [0.4, 0.5) is 0 Å². The summed E-state index contributed by atoms with van der Waals surface area (Å²) in [5.74, 6) is 2.19. The van der Waals surface area contributed by atoms with Gasteiger partial charge >= 0.3 is 0 Å². The molecule has 0 amide bonds. The maximum Gasteiger partial charge on any atom is 0.0716 e. The molecule has 6 aromatic rings. The van der Waals surface area contributed by atoms with Gasteiger partial charge in [0.15, 0.2) is 0 Å². The van der Waals surface area contributed by atoms with Crippen LogP contribution in [0.5, 0.6) is 0 Å². The molecule has 0 radical (unpaired) electrons. The molecule has 0 saturated heterocycles. The summed E-state index contributed by atoms with van der Waals surface area (Å²) in [4.78, 5) is 0. The van der Waals surface area contributed by atoms with Crippen molar-refractivity contribution in [3.8, 4) is 0 Å². The summed E-state index contributed by atoms with van der Waals surface area (Å²) < 4.78 is 5.71. The molecule has 0 spiro atoms. The summed E-state index contributed by atoms with van der Waals surface area (Å²) >= 11 is 0. The average Bonchev–Trinajstić information content (AvgIpc) is 4.14. The van der Waals surface area contributed by atoms with E-state index < -0.39 is 0 Å². The van der Waals surface area contributed by atoms with Crippen LogP contribution in [0.3, 0.4) is 0 Å². The Labute approximate surface area is 563 Å². The molecule has 0 aliphatic heterocycles. The lowest BCUT2D eigenvalue weighted by Crippen LogP contribution is -2.05. The minimum atomic E-state index is 0.747. The zero-order valence-corrected chi connectivity index (χ0v) is 59.5. The predicted molar refractivity (Wildman–Crippen MR) is 402 cm³/mol. The third-order valence-electron chi connectivity index (χ3n) is 20.0. The lowest BCUT2D eigenvalue weighted by Gasteiger charge is -2.21. The topological polar surface area (TPSA) is 9.23 Å². The molecule has 0 heterocycles. The van der Waals surface area contributed by atoms with E-state index in [9.17, 15) is 0 Å². The van der Waals surface area contributed by atoms with Gasteiger partial charge in [-0.05, 0) is 144 Å². The normalized spacial score (nSPS) is 13.2. The van der Waals surface area contributed by atoms with Gasteiger partial charge in [0.1, 0.15) is 0 Å². The van der Waals surface area contributed by atoms with E-state index in [1.165, 1.54) is 351 Å². The third-order valence-corrected chi connectivity index (χ3v) is 20.0. The van der Waals surface area contributed by atoms with Crippen molar-refractivity contribution in [2.24, 2.45) is 11.8 Å². The molecule has 91 heavy (non-hydrogen) atoms. The third kappa shape index (κ3) is 42.3. The number of hydrogen-bond donors (Lipinski definition) is 0. The van der Waals surface area contributed by atoms with Crippen LogP contribution in [0, 0.1) is 39.5 Å². The molecule has 0 atom stereocenters. The predicted octanol–water partition coefficient (Wildman–Crippen LogP) is 27.9. The smallest absolute Gasteiger partial charge is 0.0716 e. The van der Waals surface area contributed by atoms with Gasteiger partial charge in [-0.1, -0.05) is 405 Å². The Morgan fingerprint density at radius 1 is 0.231 bits per heavy atom. The molecule has 2 aliphatic rings. The van der Waals surface area contributed by atoms with E-state index in [2.05, 4.69) is 179 Å². The fraction of sp³-hybridized carbons (Fsp3) is 0.600. The molecule has 502 valence electrons. The van der Waals surface area contributed by atoms with Gasteiger partial charge in [0.2, 0.25) is 0 Å². The molecule has 1 heteroatoms. The summed E-state index contributed by atoms with van der Waals surface area (Å²) in [6, 6.07) is 57.4. The van der Waals surface area contributed by atoms with Crippen LogP contribution in [0.2, 0.25) is 0 Å². The Hall–Kier alpha value is -4.72. The van der Waals surface area contributed by atoms with Crippen molar-refractivity contribution in [1.29, 1.82) is 0 Å².